The summed E-state index contributed by atoms with van der Waals surface area (Å²) in [5.41, 5.74) is 5.30. The number of esters is 4. The summed E-state index contributed by atoms with van der Waals surface area (Å²) in [7, 11) is 0. The molecule has 71 heavy (non-hydrogen) atoms. The molecule has 0 unspecified atom stereocenters. The van der Waals surface area contributed by atoms with Gasteiger partial charge in [0.25, 0.3) is 0 Å². The Morgan fingerprint density at radius 1 is 0.634 bits per heavy atom. The van der Waals surface area contributed by atoms with Crippen LogP contribution in [-0.2, 0) is 38.1 Å². The molecule has 2 saturated heterocycles. The molecule has 0 bridgehead atoms. The number of benzene rings is 1. The number of pyridine rings is 3. The van der Waals surface area contributed by atoms with Gasteiger partial charge in [0.15, 0.2) is 0 Å². The van der Waals surface area contributed by atoms with Crippen molar-refractivity contribution in [1.29, 1.82) is 0 Å². The average molecular weight is 966 g/mol. The maximum absolute atomic E-state index is 13.6. The molecular formula is C59H68FN3O8. The van der Waals surface area contributed by atoms with E-state index in [0.29, 0.717) is 61.6 Å². The first-order chi connectivity index (χ1) is 34.5. The third-order valence-electron chi connectivity index (χ3n) is 16.7. The van der Waals surface area contributed by atoms with Crippen LogP contribution in [0.4, 0.5) is 4.39 Å². The maximum Gasteiger partial charge on any atom is 0.309 e. The summed E-state index contributed by atoms with van der Waals surface area (Å²) in [6.07, 6.45) is 22.7. The highest BCUT2D eigenvalue weighted by Gasteiger charge is 2.56. The highest BCUT2D eigenvalue weighted by Crippen LogP contribution is 2.56. The van der Waals surface area contributed by atoms with Crippen molar-refractivity contribution in [2.45, 2.75) is 104 Å². The summed E-state index contributed by atoms with van der Waals surface area (Å²) in [6.45, 7) is 8.58. The number of ether oxygens (including phenoxy) is 4. The lowest BCUT2D eigenvalue weighted by atomic mass is 9.56. The Morgan fingerprint density at radius 3 is 1.63 bits per heavy atom. The van der Waals surface area contributed by atoms with Crippen molar-refractivity contribution in [3.05, 3.63) is 115 Å². The molecule has 5 heterocycles. The number of aromatic nitrogens is 3. The highest BCUT2D eigenvalue weighted by atomic mass is 19.1. The monoisotopic (exact) mass is 965 g/mol. The number of rotatable bonds is 12. The van der Waals surface area contributed by atoms with E-state index in [-0.39, 0.29) is 77.4 Å². The van der Waals surface area contributed by atoms with Crippen LogP contribution in [0.3, 0.4) is 0 Å². The van der Waals surface area contributed by atoms with Crippen LogP contribution in [0.2, 0.25) is 0 Å². The predicted octanol–water partition coefficient (Wildman–Crippen LogP) is 11.4. The molecule has 11 nitrogen and oxygen atoms in total. The zero-order valence-corrected chi connectivity index (χ0v) is 41.4. The van der Waals surface area contributed by atoms with Crippen LogP contribution >= 0.6 is 0 Å². The lowest BCUT2D eigenvalue weighted by molar-refractivity contribution is -0.146. The molecule has 6 fully saturated rings. The summed E-state index contributed by atoms with van der Waals surface area (Å²) < 4.78 is 35.4. The average Bonchev–Trinajstić information content (AvgIpc) is 3.82. The minimum Gasteiger partial charge on any atom is -0.466 e. The van der Waals surface area contributed by atoms with Crippen LogP contribution in [0.1, 0.15) is 103 Å². The zero-order chi connectivity index (χ0) is 49.6. The van der Waals surface area contributed by atoms with Crippen LogP contribution in [0, 0.1) is 76.8 Å². The molecular weight excluding hydrogens is 898 g/mol. The van der Waals surface area contributed by atoms with E-state index in [4.69, 9.17) is 18.9 Å². The lowest BCUT2D eigenvalue weighted by Gasteiger charge is -2.47. The van der Waals surface area contributed by atoms with E-state index in [1.54, 1.807) is 18.5 Å². The predicted molar refractivity (Wildman–Crippen MR) is 268 cm³/mol. The number of halogens is 1. The maximum atomic E-state index is 13.6. The van der Waals surface area contributed by atoms with Gasteiger partial charge < -0.3 is 18.9 Å². The second kappa shape index (κ2) is 22.6. The smallest absolute Gasteiger partial charge is 0.309 e. The molecule has 12 heteroatoms. The fourth-order valence-corrected chi connectivity index (χ4v) is 13.7. The number of nitrogens with zero attached hydrogens (tertiary/aromatic N) is 3. The first-order valence-corrected chi connectivity index (χ1v) is 26.1. The Labute approximate surface area is 417 Å². The second-order valence-corrected chi connectivity index (χ2v) is 20.9. The first kappa shape index (κ1) is 49.9. The third kappa shape index (κ3) is 11.5. The van der Waals surface area contributed by atoms with Gasteiger partial charge in [-0.3, -0.25) is 34.1 Å². The summed E-state index contributed by atoms with van der Waals surface area (Å²) in [5.74, 6) is 2.56. The van der Waals surface area contributed by atoms with Crippen molar-refractivity contribution in [2.24, 2.45) is 71.0 Å². The third-order valence-corrected chi connectivity index (χ3v) is 16.7. The van der Waals surface area contributed by atoms with Crippen LogP contribution in [0.15, 0.2) is 97.5 Å². The van der Waals surface area contributed by atoms with Crippen molar-refractivity contribution in [2.75, 3.05) is 13.2 Å². The van der Waals surface area contributed by atoms with E-state index in [9.17, 15) is 23.6 Å². The molecule has 3 aromatic heterocycles. The van der Waals surface area contributed by atoms with Gasteiger partial charge >= 0.3 is 23.9 Å². The van der Waals surface area contributed by atoms with Gasteiger partial charge in [-0.15, -0.1) is 0 Å². The number of hydrogen-bond acceptors (Lipinski definition) is 11. The fourth-order valence-electron chi connectivity index (χ4n) is 13.7. The number of allylic oxidation sites excluding steroid dienone is 2. The van der Waals surface area contributed by atoms with Gasteiger partial charge in [-0.1, -0.05) is 36.4 Å². The molecule has 0 N–H and O–H groups in total. The topological polar surface area (TPSA) is 144 Å². The number of cyclic esters (lactones) is 2. The number of fused-ring (bicyclic) bond motifs is 4. The van der Waals surface area contributed by atoms with Crippen LogP contribution < -0.4 is 0 Å². The van der Waals surface area contributed by atoms with Crippen LogP contribution in [0.5, 0.6) is 0 Å². The summed E-state index contributed by atoms with van der Waals surface area (Å²) in [6, 6.07) is 20.3. The Hall–Kier alpha value is -6.04. The van der Waals surface area contributed by atoms with E-state index in [0.717, 1.165) is 85.1 Å². The van der Waals surface area contributed by atoms with Crippen molar-refractivity contribution in [3.8, 4) is 22.4 Å². The van der Waals surface area contributed by atoms with Crippen molar-refractivity contribution >= 4 is 36.0 Å². The number of hydrogen-bond donors (Lipinski definition) is 0. The van der Waals surface area contributed by atoms with E-state index in [1.165, 1.54) is 12.1 Å². The van der Waals surface area contributed by atoms with Gasteiger partial charge in [-0.2, -0.15) is 0 Å². The Balaban J connectivity index is 0.000000176. The molecule has 4 saturated carbocycles. The van der Waals surface area contributed by atoms with Gasteiger partial charge in [0.1, 0.15) is 18.0 Å². The second-order valence-electron chi connectivity index (χ2n) is 20.9. The van der Waals surface area contributed by atoms with Gasteiger partial charge in [-0.05, 0) is 187 Å². The van der Waals surface area contributed by atoms with E-state index >= 15 is 0 Å². The van der Waals surface area contributed by atoms with Crippen molar-refractivity contribution in [1.82, 2.24) is 15.0 Å². The molecule has 4 aliphatic carbocycles. The molecule has 4 aromatic rings. The number of carbonyl (C=O) groups is 4. The van der Waals surface area contributed by atoms with E-state index in [2.05, 4.69) is 39.3 Å². The zero-order valence-electron chi connectivity index (χ0n) is 41.4. The van der Waals surface area contributed by atoms with Gasteiger partial charge in [-0.25, -0.2) is 4.39 Å². The first-order valence-electron chi connectivity index (χ1n) is 26.1. The van der Waals surface area contributed by atoms with Crippen LogP contribution in [0.25, 0.3) is 34.5 Å². The molecule has 2 aliphatic heterocycles. The minimum atomic E-state index is -0.266. The quantitative estimate of drug-likeness (QED) is 0.0988. The van der Waals surface area contributed by atoms with Gasteiger partial charge in [0.2, 0.25) is 0 Å². The Morgan fingerprint density at radius 2 is 1.17 bits per heavy atom. The largest absolute Gasteiger partial charge is 0.466 e. The molecule has 0 radical (unpaired) electrons. The molecule has 0 spiro atoms. The Bertz CT molecular complexity index is 2550. The molecule has 6 aliphatic rings. The van der Waals surface area contributed by atoms with Crippen molar-refractivity contribution < 1.29 is 42.5 Å². The molecule has 1 aromatic carbocycles. The normalized spacial score (nSPS) is 31.8. The van der Waals surface area contributed by atoms with Crippen LogP contribution in [-0.4, -0.2) is 64.3 Å². The fraction of sp³-hybridized carbons (Fsp3) is 0.508. The summed E-state index contributed by atoms with van der Waals surface area (Å²) in [5, 5.41) is 0. The van der Waals surface area contributed by atoms with E-state index < -0.39 is 0 Å². The summed E-state index contributed by atoms with van der Waals surface area (Å²) in [4.78, 5) is 63.2. The number of carbonyl (C=O) groups excluding carboxylic acids is 4. The van der Waals surface area contributed by atoms with Crippen molar-refractivity contribution in [3.63, 3.8) is 0 Å². The molecule has 14 atom stereocenters. The Kier molecular flexibility index (Phi) is 15.9. The minimum absolute atomic E-state index is 0.0512. The molecule has 10 rings (SSSR count). The SMILES string of the molecule is CCOC(=O)C[C@@H]1CC[C@@H]2[C@@H](C1)C[C@H]1C(=O)O[C@H](C)[C@H]1[C@H]2/C=C/c1ccc(-c2cccc(F)c2)cn1.CCOC(=O)C[C@@H]1CC[C@@H]2[C@@H](C1)C[C@H]1C(=O)O[C@H](C)[C@H]1[C@H]2/C=C/c1ccc(-c2ccccn2)cn1. The standard InChI is InChI=1S/C30H34FNO4.C29H34N2O4/c1-3-35-28(33)14-19-7-11-25-22(13-19)16-27-29(18(2)36-30(27)34)26(25)12-10-24-9-8-21(17-32-24)20-5-4-6-23(31)15-20;1-3-34-27(32)15-19-7-11-23-21(14-19)16-25-28(18(2)35-29(25)33)24(23)12-10-22-9-8-20(17-31-22)26-6-4-5-13-30-26/h4-6,8-10,12,15,17-19,22,25-27,29H,3,7,11,13-14,16H2,1-2H3;4-6,8-10,12-13,17-19,21,23-25,28H,3,7,11,14-16H2,1-2H3/b2*12-10+/t18-,19-,22+,25-,26+,27-,29+;18-,19-,21+,23-,24+,25-,28+/m11/s1. The van der Waals surface area contributed by atoms with Gasteiger partial charge in [0.05, 0.1) is 42.1 Å². The van der Waals surface area contributed by atoms with E-state index in [1.807, 2.05) is 82.4 Å². The summed E-state index contributed by atoms with van der Waals surface area (Å²) >= 11 is 0. The molecule has 374 valence electrons. The highest BCUT2D eigenvalue weighted by molar-refractivity contribution is 5.76. The van der Waals surface area contributed by atoms with Gasteiger partial charge in [0, 0.05) is 54.4 Å². The molecule has 0 amide bonds. The lowest BCUT2D eigenvalue weighted by Crippen LogP contribution is -2.44.